The summed E-state index contributed by atoms with van der Waals surface area (Å²) in [7, 11) is 0. The summed E-state index contributed by atoms with van der Waals surface area (Å²) >= 11 is 0. The zero-order valence-electron chi connectivity index (χ0n) is 14.3. The van der Waals surface area contributed by atoms with E-state index in [1.807, 2.05) is 0 Å². The zero-order chi connectivity index (χ0) is 18.7. The van der Waals surface area contributed by atoms with Crippen LogP contribution in [0.5, 0.6) is 5.75 Å². The molecule has 0 unspecified atom stereocenters. The Morgan fingerprint density at radius 3 is 2.65 bits per heavy atom. The molecular formula is C20H19NO5. The van der Waals surface area contributed by atoms with Gasteiger partial charge in [0.05, 0.1) is 18.0 Å². The van der Waals surface area contributed by atoms with Gasteiger partial charge in [-0.15, -0.1) is 0 Å². The number of hydrogen-bond donors (Lipinski definition) is 2. The molecule has 3 aromatic rings. The molecule has 0 bridgehead atoms. The summed E-state index contributed by atoms with van der Waals surface area (Å²) in [6, 6.07) is 14.1. The van der Waals surface area contributed by atoms with Crippen LogP contribution in [0.2, 0.25) is 0 Å². The van der Waals surface area contributed by atoms with Crippen LogP contribution in [0.25, 0.3) is 11.0 Å². The predicted octanol–water partition coefficient (Wildman–Crippen LogP) is 2.69. The molecule has 1 heterocycles. The van der Waals surface area contributed by atoms with E-state index in [9.17, 15) is 19.8 Å². The van der Waals surface area contributed by atoms with Gasteiger partial charge in [0, 0.05) is 12.6 Å². The highest BCUT2D eigenvalue weighted by atomic mass is 16.3. The smallest absolute Gasteiger partial charge is 0.289 e. The van der Waals surface area contributed by atoms with Gasteiger partial charge in [0.2, 0.25) is 0 Å². The van der Waals surface area contributed by atoms with Gasteiger partial charge in [-0.3, -0.25) is 9.59 Å². The van der Waals surface area contributed by atoms with E-state index < -0.39 is 12.0 Å². The molecule has 0 radical (unpaired) electrons. The molecule has 2 aromatic carbocycles. The van der Waals surface area contributed by atoms with Gasteiger partial charge < -0.3 is 19.5 Å². The first-order valence-electron chi connectivity index (χ1n) is 8.28. The molecule has 134 valence electrons. The number of aliphatic hydroxyl groups is 1. The number of aliphatic hydroxyl groups excluding tert-OH is 1. The van der Waals surface area contributed by atoms with Crippen molar-refractivity contribution in [2.75, 3.05) is 13.1 Å². The summed E-state index contributed by atoms with van der Waals surface area (Å²) in [6.07, 6.45) is -0.974. The molecule has 0 saturated heterocycles. The lowest BCUT2D eigenvalue weighted by atomic mass is 10.1. The molecule has 6 heteroatoms. The fraction of sp³-hybridized carbons (Fsp3) is 0.200. The maximum Gasteiger partial charge on any atom is 0.289 e. The SMILES string of the molecule is CCN(C[C@@H](O)c1cccc(O)c1)C(=O)c1cc(=O)c2ccccc2o1. The van der Waals surface area contributed by atoms with Crippen molar-refractivity contribution < 1.29 is 19.4 Å². The number of para-hydroxylation sites is 1. The first kappa shape index (κ1) is 17.7. The number of nitrogens with zero attached hydrogens (tertiary/aromatic N) is 1. The molecule has 0 aliphatic heterocycles. The van der Waals surface area contributed by atoms with Crippen LogP contribution in [0.4, 0.5) is 0 Å². The number of hydrogen-bond acceptors (Lipinski definition) is 5. The van der Waals surface area contributed by atoms with Crippen molar-refractivity contribution >= 4 is 16.9 Å². The molecule has 3 rings (SSSR count). The average Bonchev–Trinajstić information content (AvgIpc) is 2.65. The largest absolute Gasteiger partial charge is 0.508 e. The van der Waals surface area contributed by atoms with Gasteiger partial charge in [-0.1, -0.05) is 24.3 Å². The molecule has 0 spiro atoms. The van der Waals surface area contributed by atoms with Crippen molar-refractivity contribution in [1.29, 1.82) is 0 Å². The van der Waals surface area contributed by atoms with Gasteiger partial charge in [-0.2, -0.15) is 0 Å². The van der Waals surface area contributed by atoms with Crippen LogP contribution in [0.3, 0.4) is 0 Å². The second-order valence-electron chi connectivity index (χ2n) is 5.93. The van der Waals surface area contributed by atoms with Crippen molar-refractivity contribution in [2.45, 2.75) is 13.0 Å². The maximum atomic E-state index is 12.7. The van der Waals surface area contributed by atoms with E-state index in [-0.39, 0.29) is 23.5 Å². The molecule has 0 aliphatic carbocycles. The minimum Gasteiger partial charge on any atom is -0.508 e. The third-order valence-corrected chi connectivity index (χ3v) is 4.16. The maximum absolute atomic E-state index is 12.7. The second-order valence-corrected chi connectivity index (χ2v) is 5.93. The number of fused-ring (bicyclic) bond motifs is 1. The van der Waals surface area contributed by atoms with Crippen LogP contribution in [0.15, 0.2) is 63.8 Å². The highest BCUT2D eigenvalue weighted by molar-refractivity contribution is 5.93. The molecule has 6 nitrogen and oxygen atoms in total. The molecular weight excluding hydrogens is 334 g/mol. The number of aromatic hydroxyl groups is 1. The van der Waals surface area contributed by atoms with Gasteiger partial charge in [0.1, 0.15) is 11.3 Å². The van der Waals surface area contributed by atoms with Crippen molar-refractivity contribution in [3.05, 3.63) is 76.1 Å². The van der Waals surface area contributed by atoms with Crippen molar-refractivity contribution in [3.8, 4) is 5.75 Å². The van der Waals surface area contributed by atoms with Crippen LogP contribution >= 0.6 is 0 Å². The van der Waals surface area contributed by atoms with Gasteiger partial charge >= 0.3 is 0 Å². The Labute approximate surface area is 149 Å². The summed E-state index contributed by atoms with van der Waals surface area (Å²) in [5.41, 5.74) is 0.545. The zero-order valence-corrected chi connectivity index (χ0v) is 14.3. The Bertz CT molecular complexity index is 995. The number of amides is 1. The van der Waals surface area contributed by atoms with E-state index in [2.05, 4.69) is 0 Å². The number of rotatable bonds is 5. The Morgan fingerprint density at radius 1 is 1.15 bits per heavy atom. The first-order chi connectivity index (χ1) is 12.5. The highest BCUT2D eigenvalue weighted by Crippen LogP contribution is 2.20. The number of likely N-dealkylation sites (N-methyl/N-ethyl adjacent to an activating group) is 1. The van der Waals surface area contributed by atoms with Gasteiger partial charge in [0.15, 0.2) is 11.2 Å². The van der Waals surface area contributed by atoms with Crippen LogP contribution in [-0.2, 0) is 0 Å². The van der Waals surface area contributed by atoms with E-state index in [1.165, 1.54) is 23.1 Å². The van der Waals surface area contributed by atoms with E-state index in [0.717, 1.165) is 0 Å². The molecule has 0 saturated carbocycles. The Morgan fingerprint density at radius 2 is 1.92 bits per heavy atom. The number of benzene rings is 2. The topological polar surface area (TPSA) is 91.0 Å². The third kappa shape index (κ3) is 3.60. The Hall–Kier alpha value is -3.12. The van der Waals surface area contributed by atoms with Gasteiger partial charge in [-0.05, 0) is 36.8 Å². The quantitative estimate of drug-likeness (QED) is 0.736. The average molecular weight is 353 g/mol. The lowest BCUT2D eigenvalue weighted by molar-refractivity contribution is 0.0606. The fourth-order valence-electron chi connectivity index (χ4n) is 2.77. The molecule has 1 aromatic heterocycles. The number of carbonyl (C=O) groups excluding carboxylic acids is 1. The van der Waals surface area contributed by atoms with E-state index >= 15 is 0 Å². The van der Waals surface area contributed by atoms with E-state index in [1.54, 1.807) is 43.3 Å². The summed E-state index contributed by atoms with van der Waals surface area (Å²) < 4.78 is 5.58. The van der Waals surface area contributed by atoms with Crippen molar-refractivity contribution in [3.63, 3.8) is 0 Å². The number of carbonyl (C=O) groups is 1. The van der Waals surface area contributed by atoms with E-state index in [0.29, 0.717) is 23.1 Å². The van der Waals surface area contributed by atoms with Crippen LogP contribution < -0.4 is 5.43 Å². The lowest BCUT2D eigenvalue weighted by Gasteiger charge is -2.23. The molecule has 1 atom stereocenters. The fourth-order valence-corrected chi connectivity index (χ4v) is 2.77. The van der Waals surface area contributed by atoms with Crippen molar-refractivity contribution in [1.82, 2.24) is 4.90 Å². The number of phenolic OH excluding ortho intramolecular Hbond substituents is 1. The van der Waals surface area contributed by atoms with Crippen LogP contribution in [0.1, 0.15) is 29.1 Å². The molecule has 1 amide bonds. The minimum absolute atomic E-state index is 0.00925. The minimum atomic E-state index is -0.974. The normalized spacial score (nSPS) is 12.1. The standard InChI is InChI=1S/C20H19NO5/c1-2-21(12-17(24)13-6-5-7-14(22)10-13)20(25)19-11-16(23)15-8-3-4-9-18(15)26-19/h3-11,17,22,24H,2,12H2,1H3/t17-/m1/s1. The summed E-state index contributed by atoms with van der Waals surface area (Å²) in [6.45, 7) is 2.10. The molecule has 0 aliphatic rings. The number of phenols is 1. The lowest BCUT2D eigenvalue weighted by Crippen LogP contribution is -2.35. The molecule has 26 heavy (non-hydrogen) atoms. The van der Waals surface area contributed by atoms with Gasteiger partial charge in [-0.25, -0.2) is 0 Å². The predicted molar refractivity (Wildman–Crippen MR) is 97.1 cm³/mol. The second kappa shape index (κ2) is 7.41. The monoisotopic (exact) mass is 353 g/mol. The van der Waals surface area contributed by atoms with Gasteiger partial charge in [0.25, 0.3) is 5.91 Å². The van der Waals surface area contributed by atoms with Crippen molar-refractivity contribution in [2.24, 2.45) is 0 Å². The summed E-state index contributed by atoms with van der Waals surface area (Å²) in [4.78, 5) is 26.3. The highest BCUT2D eigenvalue weighted by Gasteiger charge is 2.22. The van der Waals surface area contributed by atoms with E-state index in [4.69, 9.17) is 4.42 Å². The third-order valence-electron chi connectivity index (χ3n) is 4.16. The van der Waals surface area contributed by atoms with Crippen LogP contribution in [-0.4, -0.2) is 34.1 Å². The van der Waals surface area contributed by atoms with Crippen LogP contribution in [0, 0.1) is 0 Å². The summed E-state index contributed by atoms with van der Waals surface area (Å²) in [5, 5.41) is 20.3. The Balaban J connectivity index is 1.86. The Kier molecular flexibility index (Phi) is 5.04. The molecule has 0 fully saturated rings. The first-order valence-corrected chi connectivity index (χ1v) is 8.28. The summed E-state index contributed by atoms with van der Waals surface area (Å²) in [5.74, 6) is -0.510. The molecule has 2 N–H and O–H groups in total.